The van der Waals surface area contributed by atoms with Gasteiger partial charge in [0.2, 0.25) is 0 Å². The van der Waals surface area contributed by atoms with Crippen molar-refractivity contribution in [2.24, 2.45) is 0 Å². The molecule has 0 heterocycles. The van der Waals surface area contributed by atoms with Crippen LogP contribution in [0.2, 0.25) is 0 Å². The minimum absolute atomic E-state index is 0.228. The zero-order chi connectivity index (χ0) is 17.0. The molecule has 0 bridgehead atoms. The van der Waals surface area contributed by atoms with Gasteiger partial charge in [0, 0.05) is 0 Å². The van der Waals surface area contributed by atoms with E-state index in [1.54, 1.807) is 19.1 Å². The number of nitrogens with one attached hydrogen (secondary N) is 1. The second-order valence-electron chi connectivity index (χ2n) is 6.01. The van der Waals surface area contributed by atoms with Crippen LogP contribution in [0.15, 0.2) is 42.5 Å². The summed E-state index contributed by atoms with van der Waals surface area (Å²) in [6.07, 6.45) is -0.612. The Hall–Kier alpha value is -2.49. The van der Waals surface area contributed by atoms with Crippen molar-refractivity contribution in [2.75, 3.05) is 11.1 Å². The summed E-state index contributed by atoms with van der Waals surface area (Å²) in [5.41, 5.74) is 9.41. The van der Waals surface area contributed by atoms with Gasteiger partial charge in [-0.15, -0.1) is 0 Å². The van der Waals surface area contributed by atoms with Crippen LogP contribution in [-0.4, -0.2) is 12.0 Å². The maximum absolute atomic E-state index is 12.2. The fourth-order valence-electron chi connectivity index (χ4n) is 2.47. The summed E-state index contributed by atoms with van der Waals surface area (Å²) < 4.78 is 5.75. The monoisotopic (exact) mass is 312 g/mol. The third-order valence-corrected chi connectivity index (χ3v) is 3.76. The van der Waals surface area contributed by atoms with E-state index >= 15 is 0 Å². The summed E-state index contributed by atoms with van der Waals surface area (Å²) in [6, 6.07) is 13.1. The van der Waals surface area contributed by atoms with E-state index in [1.165, 1.54) is 5.56 Å². The molecule has 0 spiro atoms. The number of rotatable bonds is 5. The standard InChI is InChI=1S/C19H24N2O2/c1-12(2)16-10-9-15(11-13(16)3)23-14(4)19(22)21-18-8-6-5-7-17(18)20/h5-12,14H,20H2,1-4H3,(H,21,22). The van der Waals surface area contributed by atoms with Crippen LogP contribution in [0, 0.1) is 6.92 Å². The molecule has 2 rings (SSSR count). The molecule has 3 N–H and O–H groups in total. The lowest BCUT2D eigenvalue weighted by Gasteiger charge is -2.17. The zero-order valence-electron chi connectivity index (χ0n) is 14.1. The summed E-state index contributed by atoms with van der Waals surface area (Å²) in [6.45, 7) is 8.09. The lowest BCUT2D eigenvalue weighted by molar-refractivity contribution is -0.122. The number of para-hydroxylation sites is 2. The first-order chi connectivity index (χ1) is 10.9. The predicted octanol–water partition coefficient (Wildman–Crippen LogP) is 4.11. The van der Waals surface area contributed by atoms with Crippen LogP contribution >= 0.6 is 0 Å². The van der Waals surface area contributed by atoms with Crippen molar-refractivity contribution in [2.45, 2.75) is 39.7 Å². The van der Waals surface area contributed by atoms with E-state index < -0.39 is 6.10 Å². The molecule has 2 aromatic rings. The number of ether oxygens (including phenoxy) is 1. The number of carbonyl (C=O) groups is 1. The van der Waals surface area contributed by atoms with Crippen molar-refractivity contribution in [1.82, 2.24) is 0 Å². The number of nitrogen functional groups attached to an aromatic ring is 1. The van der Waals surface area contributed by atoms with Crippen LogP contribution in [0.5, 0.6) is 5.75 Å². The van der Waals surface area contributed by atoms with E-state index in [4.69, 9.17) is 10.5 Å². The highest BCUT2D eigenvalue weighted by atomic mass is 16.5. The van der Waals surface area contributed by atoms with Crippen LogP contribution in [-0.2, 0) is 4.79 Å². The van der Waals surface area contributed by atoms with Crippen LogP contribution < -0.4 is 15.8 Å². The molecule has 0 saturated carbocycles. The summed E-state index contributed by atoms with van der Waals surface area (Å²) in [5, 5.41) is 2.79. The molecule has 0 aromatic heterocycles. The first-order valence-corrected chi connectivity index (χ1v) is 7.81. The van der Waals surface area contributed by atoms with E-state index in [9.17, 15) is 4.79 Å². The molecular formula is C19H24N2O2. The number of amides is 1. The van der Waals surface area contributed by atoms with Crippen molar-refractivity contribution < 1.29 is 9.53 Å². The third-order valence-electron chi connectivity index (χ3n) is 3.76. The summed E-state index contributed by atoms with van der Waals surface area (Å²) in [4.78, 5) is 12.2. The molecule has 1 unspecified atom stereocenters. The Labute approximate surface area is 137 Å². The minimum atomic E-state index is -0.612. The Morgan fingerprint density at radius 1 is 1.13 bits per heavy atom. The molecule has 0 aliphatic heterocycles. The van der Waals surface area contributed by atoms with Crippen LogP contribution in [0.4, 0.5) is 11.4 Å². The second kappa shape index (κ2) is 7.18. The van der Waals surface area contributed by atoms with E-state index in [1.807, 2.05) is 24.3 Å². The van der Waals surface area contributed by atoms with Gasteiger partial charge in [-0.2, -0.15) is 0 Å². The van der Waals surface area contributed by atoms with Gasteiger partial charge in [0.1, 0.15) is 5.75 Å². The normalized spacial score (nSPS) is 12.0. The molecule has 122 valence electrons. The van der Waals surface area contributed by atoms with Crippen molar-refractivity contribution in [1.29, 1.82) is 0 Å². The van der Waals surface area contributed by atoms with Gasteiger partial charge < -0.3 is 15.8 Å². The summed E-state index contributed by atoms with van der Waals surface area (Å²) in [7, 11) is 0. The molecule has 0 aliphatic carbocycles. The lowest BCUT2D eigenvalue weighted by atomic mass is 9.98. The summed E-state index contributed by atoms with van der Waals surface area (Å²) >= 11 is 0. The Morgan fingerprint density at radius 3 is 2.43 bits per heavy atom. The molecule has 0 fully saturated rings. The predicted molar refractivity (Wildman–Crippen MR) is 94.8 cm³/mol. The van der Waals surface area contributed by atoms with Gasteiger partial charge in [-0.3, -0.25) is 4.79 Å². The topological polar surface area (TPSA) is 64.3 Å². The number of hydrogen-bond acceptors (Lipinski definition) is 3. The molecular weight excluding hydrogens is 288 g/mol. The molecule has 0 saturated heterocycles. The SMILES string of the molecule is Cc1cc(OC(C)C(=O)Nc2ccccc2N)ccc1C(C)C. The molecule has 2 aromatic carbocycles. The highest BCUT2D eigenvalue weighted by Gasteiger charge is 2.16. The fraction of sp³-hybridized carbons (Fsp3) is 0.316. The maximum atomic E-state index is 12.2. The van der Waals surface area contributed by atoms with Crippen LogP contribution in [0.25, 0.3) is 0 Å². The van der Waals surface area contributed by atoms with Gasteiger partial charge in [-0.05, 0) is 55.2 Å². The van der Waals surface area contributed by atoms with Gasteiger partial charge in [0.15, 0.2) is 6.10 Å². The fourth-order valence-corrected chi connectivity index (χ4v) is 2.47. The zero-order valence-corrected chi connectivity index (χ0v) is 14.1. The molecule has 0 radical (unpaired) electrons. The van der Waals surface area contributed by atoms with Crippen molar-refractivity contribution in [3.63, 3.8) is 0 Å². The number of carbonyl (C=O) groups excluding carboxylic acids is 1. The number of aryl methyl sites for hydroxylation is 1. The van der Waals surface area contributed by atoms with Gasteiger partial charge in [0.05, 0.1) is 11.4 Å². The van der Waals surface area contributed by atoms with Crippen LogP contribution in [0.1, 0.15) is 37.8 Å². The molecule has 4 nitrogen and oxygen atoms in total. The van der Waals surface area contributed by atoms with E-state index in [0.29, 0.717) is 23.0 Å². The largest absolute Gasteiger partial charge is 0.481 e. The number of nitrogens with two attached hydrogens (primary N) is 1. The Bertz CT molecular complexity index is 696. The Kier molecular flexibility index (Phi) is 5.27. The average molecular weight is 312 g/mol. The second-order valence-corrected chi connectivity index (χ2v) is 6.01. The van der Waals surface area contributed by atoms with Gasteiger partial charge in [0.25, 0.3) is 5.91 Å². The smallest absolute Gasteiger partial charge is 0.265 e. The number of benzene rings is 2. The highest BCUT2D eigenvalue weighted by molar-refractivity contribution is 5.96. The quantitative estimate of drug-likeness (QED) is 0.817. The first kappa shape index (κ1) is 16.9. The van der Waals surface area contributed by atoms with Crippen molar-refractivity contribution in [3.8, 4) is 5.75 Å². The van der Waals surface area contributed by atoms with E-state index in [-0.39, 0.29) is 5.91 Å². The third kappa shape index (κ3) is 4.25. The lowest BCUT2D eigenvalue weighted by Crippen LogP contribution is -2.30. The van der Waals surface area contributed by atoms with Gasteiger partial charge in [-0.25, -0.2) is 0 Å². The Balaban J connectivity index is 2.04. The van der Waals surface area contributed by atoms with Gasteiger partial charge >= 0.3 is 0 Å². The first-order valence-electron chi connectivity index (χ1n) is 7.81. The molecule has 0 aliphatic rings. The molecule has 1 amide bonds. The van der Waals surface area contributed by atoms with E-state index in [0.717, 1.165) is 5.56 Å². The van der Waals surface area contributed by atoms with Crippen molar-refractivity contribution >= 4 is 17.3 Å². The molecule has 4 heteroatoms. The molecule has 1 atom stereocenters. The van der Waals surface area contributed by atoms with E-state index in [2.05, 4.69) is 32.2 Å². The minimum Gasteiger partial charge on any atom is -0.481 e. The average Bonchev–Trinajstić information content (AvgIpc) is 2.49. The highest BCUT2D eigenvalue weighted by Crippen LogP contribution is 2.24. The maximum Gasteiger partial charge on any atom is 0.265 e. The Morgan fingerprint density at radius 2 is 1.83 bits per heavy atom. The van der Waals surface area contributed by atoms with Gasteiger partial charge in [-0.1, -0.05) is 32.0 Å². The van der Waals surface area contributed by atoms with Crippen LogP contribution in [0.3, 0.4) is 0 Å². The number of hydrogen-bond donors (Lipinski definition) is 2. The van der Waals surface area contributed by atoms with Crippen molar-refractivity contribution in [3.05, 3.63) is 53.6 Å². The number of anilines is 2. The molecule has 23 heavy (non-hydrogen) atoms. The summed E-state index contributed by atoms with van der Waals surface area (Å²) in [5.74, 6) is 0.926.